The summed E-state index contributed by atoms with van der Waals surface area (Å²) in [5.74, 6) is 0.507. The summed E-state index contributed by atoms with van der Waals surface area (Å²) in [6, 6.07) is 3.37. The minimum absolute atomic E-state index is 0.122. The number of thioether (sulfide) groups is 1. The second-order valence-electron chi connectivity index (χ2n) is 4.61. The van der Waals surface area contributed by atoms with Gasteiger partial charge in [-0.15, -0.1) is 0 Å². The predicted molar refractivity (Wildman–Crippen MR) is 73.7 cm³/mol. The Bertz CT molecular complexity index is 499. The van der Waals surface area contributed by atoms with Gasteiger partial charge in [0, 0.05) is 11.8 Å². The molecule has 3 N–H and O–H groups in total. The van der Waals surface area contributed by atoms with E-state index < -0.39 is 23.3 Å². The van der Waals surface area contributed by atoms with Gasteiger partial charge >= 0.3 is 6.18 Å². The smallest absolute Gasteiger partial charge is 0.398 e. The number of carbonyl (C=O) groups excluding carboxylic acids is 1. The fraction of sp³-hybridized carbons (Fsp3) is 0.462. The first-order valence-corrected chi connectivity index (χ1v) is 7.30. The van der Waals surface area contributed by atoms with Gasteiger partial charge in [0.2, 0.25) is 0 Å². The van der Waals surface area contributed by atoms with E-state index in [0.717, 1.165) is 24.7 Å². The summed E-state index contributed by atoms with van der Waals surface area (Å²) in [4.78, 5) is 11.9. The third kappa shape index (κ3) is 3.39. The molecule has 0 aliphatic carbocycles. The number of amides is 1. The number of hydrogen-bond donors (Lipinski definition) is 2. The van der Waals surface area contributed by atoms with Crippen molar-refractivity contribution in [3.63, 3.8) is 0 Å². The SMILES string of the molecule is Nc1c(C(=O)NCC2CCCS2)cccc1C(F)(F)F. The zero-order valence-electron chi connectivity index (χ0n) is 10.7. The number of rotatable bonds is 3. The van der Waals surface area contributed by atoms with Crippen LogP contribution < -0.4 is 11.1 Å². The largest absolute Gasteiger partial charge is 0.418 e. The van der Waals surface area contributed by atoms with Crippen molar-refractivity contribution in [2.24, 2.45) is 0 Å². The van der Waals surface area contributed by atoms with Gasteiger partial charge < -0.3 is 11.1 Å². The van der Waals surface area contributed by atoms with Gasteiger partial charge in [-0.3, -0.25) is 4.79 Å². The third-order valence-corrected chi connectivity index (χ3v) is 4.57. The molecule has 0 aromatic heterocycles. The summed E-state index contributed by atoms with van der Waals surface area (Å²) in [5.41, 5.74) is 3.86. The minimum Gasteiger partial charge on any atom is -0.398 e. The average molecular weight is 304 g/mol. The molecule has 3 nitrogen and oxygen atoms in total. The normalized spacial score (nSPS) is 19.1. The van der Waals surface area contributed by atoms with Crippen molar-refractivity contribution >= 4 is 23.4 Å². The highest BCUT2D eigenvalue weighted by atomic mass is 32.2. The number of carbonyl (C=O) groups is 1. The maximum Gasteiger partial charge on any atom is 0.418 e. The standard InChI is InChI=1S/C13H15F3N2OS/c14-13(15,16)10-5-1-4-9(11(10)17)12(19)18-7-8-3-2-6-20-8/h1,4-5,8H,2-3,6-7,17H2,(H,18,19). The van der Waals surface area contributed by atoms with Gasteiger partial charge in [-0.05, 0) is 30.7 Å². The molecule has 1 fully saturated rings. The van der Waals surface area contributed by atoms with E-state index in [1.54, 1.807) is 11.8 Å². The molecule has 1 amide bonds. The molecule has 1 unspecified atom stereocenters. The molecule has 1 aromatic rings. The van der Waals surface area contributed by atoms with Crippen molar-refractivity contribution in [2.75, 3.05) is 18.0 Å². The molecule has 0 radical (unpaired) electrons. The summed E-state index contributed by atoms with van der Waals surface area (Å²) < 4.78 is 38.1. The van der Waals surface area contributed by atoms with Crippen molar-refractivity contribution in [1.82, 2.24) is 5.32 Å². The van der Waals surface area contributed by atoms with Crippen LogP contribution in [-0.4, -0.2) is 23.5 Å². The van der Waals surface area contributed by atoms with Crippen LogP contribution in [0.25, 0.3) is 0 Å². The number of hydrogen-bond acceptors (Lipinski definition) is 3. The van der Waals surface area contributed by atoms with E-state index in [1.165, 1.54) is 12.1 Å². The average Bonchev–Trinajstić information content (AvgIpc) is 2.88. The quantitative estimate of drug-likeness (QED) is 0.844. The Balaban J connectivity index is 2.09. The molecular formula is C13H15F3N2OS. The lowest BCUT2D eigenvalue weighted by Gasteiger charge is -2.14. The van der Waals surface area contributed by atoms with E-state index in [1.807, 2.05) is 0 Å². The van der Waals surface area contributed by atoms with Crippen LogP contribution in [0.5, 0.6) is 0 Å². The Morgan fingerprint density at radius 2 is 2.20 bits per heavy atom. The van der Waals surface area contributed by atoms with Crippen molar-refractivity contribution in [3.8, 4) is 0 Å². The first-order valence-electron chi connectivity index (χ1n) is 6.25. The highest BCUT2D eigenvalue weighted by Gasteiger charge is 2.34. The second kappa shape index (κ2) is 5.95. The van der Waals surface area contributed by atoms with Crippen LogP contribution in [-0.2, 0) is 6.18 Å². The number of halogens is 3. The highest BCUT2D eigenvalue weighted by molar-refractivity contribution is 8.00. The molecule has 1 aliphatic rings. The lowest BCUT2D eigenvalue weighted by atomic mass is 10.1. The Morgan fingerprint density at radius 1 is 1.45 bits per heavy atom. The van der Waals surface area contributed by atoms with Gasteiger partial charge in [0.15, 0.2) is 0 Å². The van der Waals surface area contributed by atoms with Crippen LogP contribution in [0.4, 0.5) is 18.9 Å². The Labute approximate surface area is 119 Å². The van der Waals surface area contributed by atoms with Gasteiger partial charge in [-0.1, -0.05) is 6.07 Å². The minimum atomic E-state index is -4.55. The zero-order valence-corrected chi connectivity index (χ0v) is 11.5. The topological polar surface area (TPSA) is 55.1 Å². The van der Waals surface area contributed by atoms with E-state index in [0.29, 0.717) is 11.8 Å². The molecule has 1 aromatic carbocycles. The number of para-hydroxylation sites is 1. The molecule has 20 heavy (non-hydrogen) atoms. The summed E-state index contributed by atoms with van der Waals surface area (Å²) in [6.07, 6.45) is -2.43. The summed E-state index contributed by atoms with van der Waals surface area (Å²) >= 11 is 1.77. The molecule has 2 rings (SSSR count). The molecule has 1 heterocycles. The maximum absolute atomic E-state index is 12.7. The Hall–Kier alpha value is -1.37. The van der Waals surface area contributed by atoms with Crippen molar-refractivity contribution < 1.29 is 18.0 Å². The van der Waals surface area contributed by atoms with Crippen molar-refractivity contribution in [3.05, 3.63) is 29.3 Å². The molecule has 1 aliphatic heterocycles. The van der Waals surface area contributed by atoms with Crippen LogP contribution in [0.1, 0.15) is 28.8 Å². The van der Waals surface area contributed by atoms with Crippen LogP contribution >= 0.6 is 11.8 Å². The molecule has 7 heteroatoms. The van der Waals surface area contributed by atoms with Crippen LogP contribution in [0, 0.1) is 0 Å². The first-order chi connectivity index (χ1) is 9.39. The number of nitrogens with one attached hydrogen (secondary N) is 1. The van der Waals surface area contributed by atoms with Gasteiger partial charge in [0.25, 0.3) is 5.91 Å². The number of benzene rings is 1. The summed E-state index contributed by atoms with van der Waals surface area (Å²) in [6.45, 7) is 0.458. The van der Waals surface area contributed by atoms with Crippen molar-refractivity contribution in [2.45, 2.75) is 24.3 Å². The predicted octanol–water partition coefficient (Wildman–Crippen LogP) is 2.91. The van der Waals surface area contributed by atoms with E-state index in [2.05, 4.69) is 5.32 Å². The lowest BCUT2D eigenvalue weighted by Crippen LogP contribution is -2.30. The monoisotopic (exact) mass is 304 g/mol. The summed E-state index contributed by atoms with van der Waals surface area (Å²) in [5, 5.41) is 2.99. The molecule has 0 spiro atoms. The Morgan fingerprint density at radius 3 is 2.80 bits per heavy atom. The zero-order chi connectivity index (χ0) is 14.8. The molecule has 110 valence electrons. The third-order valence-electron chi connectivity index (χ3n) is 3.17. The second-order valence-corrected chi connectivity index (χ2v) is 6.02. The van der Waals surface area contributed by atoms with Crippen LogP contribution in [0.3, 0.4) is 0 Å². The maximum atomic E-state index is 12.7. The van der Waals surface area contributed by atoms with Gasteiger partial charge in [0.05, 0.1) is 16.8 Å². The van der Waals surface area contributed by atoms with E-state index in [9.17, 15) is 18.0 Å². The van der Waals surface area contributed by atoms with Gasteiger partial charge in [-0.25, -0.2) is 0 Å². The van der Waals surface area contributed by atoms with Crippen LogP contribution in [0.15, 0.2) is 18.2 Å². The van der Waals surface area contributed by atoms with Crippen LogP contribution in [0.2, 0.25) is 0 Å². The molecule has 0 saturated carbocycles. The molecule has 1 atom stereocenters. The van der Waals surface area contributed by atoms with Gasteiger partial charge in [0.1, 0.15) is 0 Å². The number of nitrogen functional groups attached to an aromatic ring is 1. The number of alkyl halides is 3. The van der Waals surface area contributed by atoms with E-state index in [4.69, 9.17) is 5.73 Å². The molecule has 0 bridgehead atoms. The fourth-order valence-corrected chi connectivity index (χ4v) is 3.32. The highest BCUT2D eigenvalue weighted by Crippen LogP contribution is 2.35. The molecule has 1 saturated heterocycles. The lowest BCUT2D eigenvalue weighted by molar-refractivity contribution is -0.136. The first kappa shape index (κ1) is 15.0. The van der Waals surface area contributed by atoms with E-state index >= 15 is 0 Å². The summed E-state index contributed by atoms with van der Waals surface area (Å²) in [7, 11) is 0. The number of nitrogens with two attached hydrogens (primary N) is 1. The van der Waals surface area contributed by atoms with Gasteiger partial charge in [-0.2, -0.15) is 24.9 Å². The number of anilines is 1. The van der Waals surface area contributed by atoms with E-state index in [-0.39, 0.29) is 5.56 Å². The molecular weight excluding hydrogens is 289 g/mol. The van der Waals surface area contributed by atoms with Crippen molar-refractivity contribution in [1.29, 1.82) is 0 Å². The fourth-order valence-electron chi connectivity index (χ4n) is 2.12. The Kier molecular flexibility index (Phi) is 4.47.